The molecule has 3 aliphatic rings. The highest BCUT2D eigenvalue weighted by Gasteiger charge is 2.54. The van der Waals surface area contributed by atoms with Crippen LogP contribution >= 0.6 is 0 Å². The van der Waals surface area contributed by atoms with Gasteiger partial charge >= 0.3 is 0 Å². The molecule has 26 heavy (non-hydrogen) atoms. The van der Waals surface area contributed by atoms with Crippen LogP contribution in [0.1, 0.15) is 86.5 Å². The minimum absolute atomic E-state index is 0.265. The fraction of sp³-hybridized carbons (Fsp3) is 0.720. The van der Waals surface area contributed by atoms with Crippen molar-refractivity contribution in [2.75, 3.05) is 0 Å². The quantitative estimate of drug-likeness (QED) is 0.485. The number of rotatable bonds is 3. The molecular formula is C25H40O. The van der Waals surface area contributed by atoms with E-state index >= 15 is 0 Å². The van der Waals surface area contributed by atoms with Crippen LogP contribution in [0.2, 0.25) is 0 Å². The first-order valence-electron chi connectivity index (χ1n) is 10.8. The molecule has 0 heterocycles. The topological polar surface area (TPSA) is 17.1 Å². The zero-order valence-electron chi connectivity index (χ0n) is 18.0. The highest BCUT2D eigenvalue weighted by Crippen LogP contribution is 2.63. The second-order valence-corrected chi connectivity index (χ2v) is 8.92. The zero-order chi connectivity index (χ0) is 19.5. The molecule has 0 amide bonds. The molecule has 1 heteroatoms. The van der Waals surface area contributed by atoms with Crippen LogP contribution in [0.5, 0.6) is 0 Å². The minimum Gasteiger partial charge on any atom is -0.295 e. The lowest BCUT2D eigenvalue weighted by molar-refractivity contribution is -0.117. The Kier molecular flexibility index (Phi) is 6.75. The van der Waals surface area contributed by atoms with Gasteiger partial charge < -0.3 is 0 Å². The summed E-state index contributed by atoms with van der Waals surface area (Å²) in [6.45, 7) is 17.5. The molecule has 3 rings (SSSR count). The Hall–Kier alpha value is -1.11. The summed E-state index contributed by atoms with van der Waals surface area (Å²) in [4.78, 5) is 11.9. The van der Waals surface area contributed by atoms with Crippen LogP contribution in [0.15, 0.2) is 36.0 Å². The molecule has 0 radical (unpaired) electrons. The first-order valence-corrected chi connectivity index (χ1v) is 10.8. The van der Waals surface area contributed by atoms with Crippen molar-refractivity contribution < 1.29 is 4.79 Å². The summed E-state index contributed by atoms with van der Waals surface area (Å²) < 4.78 is 0. The molecule has 0 spiro atoms. The second-order valence-electron chi connectivity index (χ2n) is 8.92. The fourth-order valence-electron chi connectivity index (χ4n) is 6.31. The third-order valence-corrected chi connectivity index (χ3v) is 8.11. The van der Waals surface area contributed by atoms with Crippen molar-refractivity contribution in [1.29, 1.82) is 0 Å². The summed E-state index contributed by atoms with van der Waals surface area (Å²) in [5.41, 5.74) is 3.59. The predicted octanol–water partition coefficient (Wildman–Crippen LogP) is 7.29. The van der Waals surface area contributed by atoms with Crippen LogP contribution in [0, 0.1) is 28.6 Å². The molecule has 0 N–H and O–H groups in total. The molecule has 0 aromatic heterocycles. The lowest BCUT2D eigenvalue weighted by Crippen LogP contribution is -2.51. The van der Waals surface area contributed by atoms with Gasteiger partial charge in [0.05, 0.1) is 0 Å². The number of allylic oxidation sites excluding steroid dienone is 5. The van der Waals surface area contributed by atoms with E-state index in [1.807, 2.05) is 19.9 Å². The average Bonchev–Trinajstić information content (AvgIpc) is 2.65. The third-order valence-electron chi connectivity index (χ3n) is 8.11. The molecule has 0 aromatic rings. The van der Waals surface area contributed by atoms with E-state index in [1.54, 1.807) is 5.57 Å². The van der Waals surface area contributed by atoms with Gasteiger partial charge in [-0.15, -0.1) is 6.58 Å². The van der Waals surface area contributed by atoms with Gasteiger partial charge in [-0.05, 0) is 87.0 Å². The van der Waals surface area contributed by atoms with E-state index in [0.717, 1.165) is 37.5 Å². The van der Waals surface area contributed by atoms with E-state index in [0.29, 0.717) is 17.1 Å². The molecule has 5 unspecified atom stereocenters. The average molecular weight is 357 g/mol. The standard InChI is InChI=1S/C23H34O.C2H6/c1-6-8-20-19-10-9-17-15-18(24)11-13-23(17,5)21(19)12-14-22(20,4)16(3)7-2;1-2/h6-7,15,19-21H,1,8-14H2,2-5H3;1-2H3/b16-7+;. The fourth-order valence-corrected chi connectivity index (χ4v) is 6.31. The molecule has 0 aromatic carbocycles. The van der Waals surface area contributed by atoms with Gasteiger partial charge in [-0.3, -0.25) is 4.79 Å². The van der Waals surface area contributed by atoms with Crippen molar-refractivity contribution >= 4 is 5.78 Å². The van der Waals surface area contributed by atoms with Crippen LogP contribution in [0.25, 0.3) is 0 Å². The van der Waals surface area contributed by atoms with Gasteiger partial charge in [-0.2, -0.15) is 0 Å². The summed E-state index contributed by atoms with van der Waals surface area (Å²) in [7, 11) is 0. The first kappa shape index (κ1) is 21.2. The van der Waals surface area contributed by atoms with E-state index in [1.165, 1.54) is 24.8 Å². The minimum atomic E-state index is 0.265. The Morgan fingerprint density at radius 2 is 1.92 bits per heavy atom. The van der Waals surface area contributed by atoms with E-state index < -0.39 is 0 Å². The number of fused-ring (bicyclic) bond motifs is 3. The number of carbonyl (C=O) groups excluding carboxylic acids is 1. The highest BCUT2D eigenvalue weighted by molar-refractivity contribution is 5.91. The first-order chi connectivity index (χ1) is 12.4. The molecular weight excluding hydrogens is 316 g/mol. The Bertz CT molecular complexity index is 595. The van der Waals surface area contributed by atoms with Crippen molar-refractivity contribution in [2.45, 2.75) is 86.5 Å². The Labute approximate surface area is 162 Å². The Morgan fingerprint density at radius 1 is 1.23 bits per heavy atom. The SMILES string of the molecule is C=CCC1C2CCC3=CC(=O)CCC3(C)C2CCC1(C)/C(C)=C/C.CC. The van der Waals surface area contributed by atoms with Gasteiger partial charge in [-0.25, -0.2) is 0 Å². The van der Waals surface area contributed by atoms with E-state index in [4.69, 9.17) is 0 Å². The van der Waals surface area contributed by atoms with Crippen LogP contribution in [0.3, 0.4) is 0 Å². The van der Waals surface area contributed by atoms with Crippen molar-refractivity contribution in [3.05, 3.63) is 36.0 Å². The Morgan fingerprint density at radius 3 is 2.54 bits per heavy atom. The highest BCUT2D eigenvalue weighted by atomic mass is 16.1. The lowest BCUT2D eigenvalue weighted by Gasteiger charge is -2.59. The van der Waals surface area contributed by atoms with Crippen molar-refractivity contribution in [1.82, 2.24) is 0 Å². The summed E-state index contributed by atoms with van der Waals surface area (Å²) in [6.07, 6.45) is 14.4. The summed E-state index contributed by atoms with van der Waals surface area (Å²) in [5.74, 6) is 2.57. The maximum absolute atomic E-state index is 11.9. The summed E-state index contributed by atoms with van der Waals surface area (Å²) >= 11 is 0. The summed E-state index contributed by atoms with van der Waals surface area (Å²) in [5, 5.41) is 0. The van der Waals surface area contributed by atoms with Crippen LogP contribution in [-0.4, -0.2) is 5.78 Å². The molecule has 2 fully saturated rings. The molecule has 5 atom stereocenters. The van der Waals surface area contributed by atoms with Crippen LogP contribution in [-0.2, 0) is 4.79 Å². The predicted molar refractivity (Wildman–Crippen MR) is 113 cm³/mol. The van der Waals surface area contributed by atoms with Gasteiger partial charge in [-0.1, -0.05) is 51.0 Å². The van der Waals surface area contributed by atoms with Gasteiger partial charge in [0, 0.05) is 6.42 Å². The molecule has 0 saturated heterocycles. The maximum Gasteiger partial charge on any atom is 0.155 e. The van der Waals surface area contributed by atoms with E-state index in [9.17, 15) is 4.79 Å². The van der Waals surface area contributed by atoms with Crippen LogP contribution < -0.4 is 0 Å². The van der Waals surface area contributed by atoms with Gasteiger partial charge in [0.2, 0.25) is 0 Å². The van der Waals surface area contributed by atoms with Crippen molar-refractivity contribution in [3.8, 4) is 0 Å². The van der Waals surface area contributed by atoms with E-state index in [2.05, 4.69) is 46.4 Å². The van der Waals surface area contributed by atoms with Gasteiger partial charge in [0.15, 0.2) is 5.78 Å². The normalized spacial score (nSPS) is 39.8. The number of hydrogen-bond donors (Lipinski definition) is 0. The molecule has 0 bridgehead atoms. The largest absolute Gasteiger partial charge is 0.295 e. The number of ketones is 1. The molecule has 146 valence electrons. The van der Waals surface area contributed by atoms with Crippen LogP contribution in [0.4, 0.5) is 0 Å². The second kappa shape index (κ2) is 8.28. The molecule has 1 nitrogen and oxygen atoms in total. The maximum atomic E-state index is 11.9. The van der Waals surface area contributed by atoms with E-state index in [-0.39, 0.29) is 5.41 Å². The third kappa shape index (κ3) is 3.39. The lowest BCUT2D eigenvalue weighted by atomic mass is 9.45. The molecule has 2 saturated carbocycles. The van der Waals surface area contributed by atoms with Gasteiger partial charge in [0.1, 0.15) is 0 Å². The molecule has 0 aliphatic heterocycles. The van der Waals surface area contributed by atoms with Crippen molar-refractivity contribution in [2.24, 2.45) is 28.6 Å². The van der Waals surface area contributed by atoms with Crippen molar-refractivity contribution in [3.63, 3.8) is 0 Å². The monoisotopic (exact) mass is 356 g/mol. The zero-order valence-corrected chi connectivity index (χ0v) is 18.0. The summed E-state index contributed by atoms with van der Waals surface area (Å²) in [6, 6.07) is 0. The molecule has 3 aliphatic carbocycles. The Balaban J connectivity index is 0.00000117. The number of hydrogen-bond acceptors (Lipinski definition) is 1. The number of carbonyl (C=O) groups is 1. The van der Waals surface area contributed by atoms with Gasteiger partial charge in [0.25, 0.3) is 0 Å². The smallest absolute Gasteiger partial charge is 0.155 e.